The molecule has 0 unspecified atom stereocenters. The molecule has 9 nitrogen and oxygen atoms in total. The molecule has 0 aliphatic heterocycles. The van der Waals surface area contributed by atoms with Gasteiger partial charge >= 0.3 is 0 Å². The van der Waals surface area contributed by atoms with E-state index in [-0.39, 0.29) is 12.5 Å². The Morgan fingerprint density at radius 1 is 1.26 bits per heavy atom. The number of nitrogens with zero attached hydrogens (tertiary/aromatic N) is 4. The number of nitrogens with two attached hydrogens (primary N) is 1. The third-order valence-corrected chi connectivity index (χ3v) is 8.30. The van der Waals surface area contributed by atoms with Crippen molar-refractivity contribution in [1.29, 1.82) is 0 Å². The number of hydrazine groups is 1. The number of pyridine rings is 1. The molecule has 4 heterocycles. The molecule has 5 N–H and O–H groups in total. The standard InChI is InChI=1S/C24H32N8OS/c1-12(2)19-20(17-10-32-22(27-11-28-32)14(4)13(17)3)29-24-21(19)30-23(34-24)15-5-7-16(8-6-15)26-9-18(33)31-25/h10-12,15-16,26,29H,5-9,25H2,1-4H3,(H,31,33). The smallest absolute Gasteiger partial charge is 0.247 e. The van der Waals surface area contributed by atoms with Crippen molar-refractivity contribution < 1.29 is 4.79 Å². The van der Waals surface area contributed by atoms with Gasteiger partial charge < -0.3 is 10.3 Å². The highest BCUT2D eigenvalue weighted by molar-refractivity contribution is 7.18. The summed E-state index contributed by atoms with van der Waals surface area (Å²) in [5.41, 5.74) is 10.1. The third kappa shape index (κ3) is 3.99. The highest BCUT2D eigenvalue weighted by Gasteiger charge is 2.28. The molecule has 5 rings (SSSR count). The summed E-state index contributed by atoms with van der Waals surface area (Å²) in [5, 5.41) is 8.90. The number of thiazole rings is 1. The van der Waals surface area contributed by atoms with Crippen LogP contribution in [-0.4, -0.2) is 43.1 Å². The highest BCUT2D eigenvalue weighted by atomic mass is 32.1. The van der Waals surface area contributed by atoms with Crippen LogP contribution < -0.4 is 16.6 Å². The molecule has 10 heteroatoms. The van der Waals surface area contributed by atoms with Crippen molar-refractivity contribution in [3.63, 3.8) is 0 Å². The number of aromatic nitrogens is 5. The van der Waals surface area contributed by atoms with E-state index in [4.69, 9.17) is 10.8 Å². The molecule has 0 saturated heterocycles. The van der Waals surface area contributed by atoms with E-state index >= 15 is 0 Å². The Bertz CT molecular complexity index is 1340. The lowest BCUT2D eigenvalue weighted by Gasteiger charge is -2.27. The van der Waals surface area contributed by atoms with Gasteiger partial charge in [0, 0.05) is 29.3 Å². The van der Waals surface area contributed by atoms with Crippen LogP contribution in [-0.2, 0) is 4.79 Å². The molecule has 180 valence electrons. The lowest BCUT2D eigenvalue weighted by atomic mass is 9.86. The molecule has 4 aromatic rings. The van der Waals surface area contributed by atoms with Gasteiger partial charge in [0.1, 0.15) is 16.7 Å². The zero-order valence-electron chi connectivity index (χ0n) is 20.1. The molecular formula is C24H32N8OS. The van der Waals surface area contributed by atoms with Crippen LogP contribution in [0.25, 0.3) is 27.3 Å². The Kier molecular flexibility index (Phi) is 6.13. The van der Waals surface area contributed by atoms with Gasteiger partial charge in [0.15, 0.2) is 5.65 Å². The first kappa shape index (κ1) is 22.9. The Labute approximate surface area is 202 Å². The molecule has 1 aliphatic rings. The van der Waals surface area contributed by atoms with Gasteiger partial charge in [0.2, 0.25) is 5.91 Å². The average Bonchev–Trinajstić information content (AvgIpc) is 3.54. The fourth-order valence-corrected chi connectivity index (χ4v) is 6.29. The summed E-state index contributed by atoms with van der Waals surface area (Å²) in [6, 6.07) is 0.356. The first-order valence-corrected chi connectivity index (χ1v) is 12.7. The lowest BCUT2D eigenvalue weighted by Crippen LogP contribution is -2.42. The molecule has 1 aliphatic carbocycles. The molecular weight excluding hydrogens is 448 g/mol. The minimum absolute atomic E-state index is 0.179. The SMILES string of the molecule is Cc1c(-c2[nH]c3sc(C4CCC(NCC(=O)NN)CC4)nc3c2C(C)C)cn2ncnc2c1C. The van der Waals surface area contributed by atoms with Crippen molar-refractivity contribution in [3.05, 3.63) is 34.2 Å². The van der Waals surface area contributed by atoms with Crippen molar-refractivity contribution in [2.75, 3.05) is 6.54 Å². The molecule has 0 aromatic carbocycles. The van der Waals surface area contributed by atoms with Crippen molar-refractivity contribution in [2.45, 2.75) is 71.3 Å². The molecule has 0 atom stereocenters. The van der Waals surface area contributed by atoms with Crippen LogP contribution in [0.3, 0.4) is 0 Å². The van der Waals surface area contributed by atoms with E-state index < -0.39 is 0 Å². The topological polar surface area (TPSA) is 126 Å². The predicted molar refractivity (Wildman–Crippen MR) is 135 cm³/mol. The fourth-order valence-electron chi connectivity index (χ4n) is 5.14. The second kappa shape index (κ2) is 9.09. The van der Waals surface area contributed by atoms with Crippen LogP contribution in [0, 0.1) is 13.8 Å². The van der Waals surface area contributed by atoms with E-state index in [0.29, 0.717) is 17.9 Å². The number of nitrogens with one attached hydrogen (secondary N) is 3. The first-order valence-electron chi connectivity index (χ1n) is 11.9. The molecule has 0 radical (unpaired) electrons. The Morgan fingerprint density at radius 3 is 2.74 bits per heavy atom. The molecule has 0 spiro atoms. The van der Waals surface area contributed by atoms with E-state index in [1.165, 1.54) is 16.1 Å². The van der Waals surface area contributed by atoms with Crippen LogP contribution in [0.15, 0.2) is 12.5 Å². The van der Waals surface area contributed by atoms with Crippen molar-refractivity contribution in [2.24, 2.45) is 5.84 Å². The van der Waals surface area contributed by atoms with Gasteiger partial charge in [-0.3, -0.25) is 10.2 Å². The molecule has 1 fully saturated rings. The van der Waals surface area contributed by atoms with Gasteiger partial charge in [-0.25, -0.2) is 20.3 Å². The van der Waals surface area contributed by atoms with Crippen LogP contribution in [0.2, 0.25) is 0 Å². The summed E-state index contributed by atoms with van der Waals surface area (Å²) in [6.07, 6.45) is 7.90. The third-order valence-electron chi connectivity index (χ3n) is 7.17. The number of fused-ring (bicyclic) bond motifs is 2. The number of aryl methyl sites for hydroxylation is 1. The van der Waals surface area contributed by atoms with Gasteiger partial charge in [0.25, 0.3) is 0 Å². The lowest BCUT2D eigenvalue weighted by molar-refractivity contribution is -0.120. The van der Waals surface area contributed by atoms with E-state index in [1.54, 1.807) is 17.7 Å². The van der Waals surface area contributed by atoms with Crippen LogP contribution in [0.5, 0.6) is 0 Å². The fraction of sp³-hybridized carbons (Fsp3) is 0.500. The Hall–Kier alpha value is -2.82. The van der Waals surface area contributed by atoms with Crippen LogP contribution in [0.1, 0.15) is 73.1 Å². The maximum atomic E-state index is 11.4. The average molecular weight is 481 g/mol. The number of carbonyl (C=O) groups excluding carboxylic acids is 1. The summed E-state index contributed by atoms with van der Waals surface area (Å²) in [6.45, 7) is 8.99. The van der Waals surface area contributed by atoms with Crippen molar-refractivity contribution >= 4 is 33.2 Å². The van der Waals surface area contributed by atoms with Gasteiger partial charge in [-0.1, -0.05) is 13.8 Å². The maximum Gasteiger partial charge on any atom is 0.247 e. The number of rotatable bonds is 6. The van der Waals surface area contributed by atoms with Gasteiger partial charge in [-0.05, 0) is 56.6 Å². The van der Waals surface area contributed by atoms with Gasteiger partial charge in [-0.15, -0.1) is 11.3 Å². The van der Waals surface area contributed by atoms with Crippen LogP contribution >= 0.6 is 11.3 Å². The minimum Gasteiger partial charge on any atom is -0.345 e. The second-order valence-corrected chi connectivity index (χ2v) is 10.6. The summed E-state index contributed by atoms with van der Waals surface area (Å²) in [5.74, 6) is 5.79. The molecule has 4 aromatic heterocycles. The monoisotopic (exact) mass is 480 g/mol. The second-order valence-electron chi connectivity index (χ2n) is 9.62. The first-order chi connectivity index (χ1) is 16.4. The highest BCUT2D eigenvalue weighted by Crippen LogP contribution is 2.42. The van der Waals surface area contributed by atoms with E-state index in [1.807, 2.05) is 4.52 Å². The molecule has 1 amide bonds. The summed E-state index contributed by atoms with van der Waals surface area (Å²) in [4.78, 5) is 25.8. The normalized spacial score (nSPS) is 18.9. The van der Waals surface area contributed by atoms with Crippen molar-refractivity contribution in [1.82, 2.24) is 35.3 Å². The van der Waals surface area contributed by atoms with E-state index in [2.05, 4.69) is 59.7 Å². The largest absolute Gasteiger partial charge is 0.345 e. The quantitative estimate of drug-likeness (QED) is 0.189. The summed E-state index contributed by atoms with van der Waals surface area (Å²) >= 11 is 1.79. The molecule has 0 bridgehead atoms. The van der Waals surface area contributed by atoms with Crippen molar-refractivity contribution in [3.8, 4) is 11.3 Å². The Morgan fingerprint density at radius 2 is 2.03 bits per heavy atom. The van der Waals surface area contributed by atoms with Crippen LogP contribution in [0.4, 0.5) is 0 Å². The Balaban J connectivity index is 1.43. The van der Waals surface area contributed by atoms with E-state index in [0.717, 1.165) is 58.5 Å². The number of aromatic amines is 1. The number of hydrogen-bond acceptors (Lipinski definition) is 7. The predicted octanol–water partition coefficient (Wildman–Crippen LogP) is 3.68. The van der Waals surface area contributed by atoms with Gasteiger partial charge in [-0.2, -0.15) is 5.10 Å². The molecule has 34 heavy (non-hydrogen) atoms. The summed E-state index contributed by atoms with van der Waals surface area (Å²) in [7, 11) is 0. The number of hydrogen-bond donors (Lipinski definition) is 4. The van der Waals surface area contributed by atoms with E-state index in [9.17, 15) is 4.79 Å². The zero-order chi connectivity index (χ0) is 24.0. The zero-order valence-corrected chi connectivity index (χ0v) is 20.9. The van der Waals surface area contributed by atoms with Gasteiger partial charge in [0.05, 0.1) is 17.2 Å². The number of carbonyl (C=O) groups is 1. The minimum atomic E-state index is -0.179. The summed E-state index contributed by atoms with van der Waals surface area (Å²) < 4.78 is 1.86. The number of amides is 1. The maximum absolute atomic E-state index is 11.4. The number of H-pyrrole nitrogens is 1. The molecule has 1 saturated carbocycles.